The molecule has 1 heterocycles. The van der Waals surface area contributed by atoms with Gasteiger partial charge in [-0.2, -0.15) is 0 Å². The molecule has 4 nitrogen and oxygen atoms in total. The van der Waals surface area contributed by atoms with Gasteiger partial charge in [0, 0.05) is 31.9 Å². The van der Waals surface area contributed by atoms with Crippen molar-refractivity contribution >= 4 is 21.9 Å². The molecule has 0 radical (unpaired) electrons. The van der Waals surface area contributed by atoms with Crippen LogP contribution in [0.1, 0.15) is 25.7 Å². The molecule has 17 heavy (non-hydrogen) atoms. The van der Waals surface area contributed by atoms with Crippen molar-refractivity contribution in [2.24, 2.45) is 5.92 Å². The minimum Gasteiger partial charge on any atom is -0.393 e. The molecule has 0 saturated heterocycles. The zero-order valence-corrected chi connectivity index (χ0v) is 11.6. The van der Waals surface area contributed by atoms with Crippen LogP contribution in [-0.2, 0) is 0 Å². The number of aromatic nitrogens is 2. The second-order valence-corrected chi connectivity index (χ2v) is 5.61. The van der Waals surface area contributed by atoms with E-state index < -0.39 is 0 Å². The lowest BCUT2D eigenvalue weighted by atomic mass is 9.86. The van der Waals surface area contributed by atoms with Crippen molar-refractivity contribution in [3.8, 4) is 0 Å². The molecule has 0 amide bonds. The summed E-state index contributed by atoms with van der Waals surface area (Å²) < 4.78 is 0.882. The number of rotatable bonds is 3. The van der Waals surface area contributed by atoms with E-state index in [4.69, 9.17) is 0 Å². The Morgan fingerprint density at radius 1 is 1.35 bits per heavy atom. The zero-order chi connectivity index (χ0) is 12.3. The van der Waals surface area contributed by atoms with E-state index in [9.17, 15) is 5.11 Å². The van der Waals surface area contributed by atoms with Gasteiger partial charge in [-0.1, -0.05) is 12.8 Å². The molecule has 94 valence electrons. The molecule has 1 N–H and O–H groups in total. The Labute approximate surface area is 110 Å². The number of hydrogen-bond acceptors (Lipinski definition) is 4. The maximum atomic E-state index is 9.93. The summed E-state index contributed by atoms with van der Waals surface area (Å²) in [5, 5.41) is 9.93. The van der Waals surface area contributed by atoms with Gasteiger partial charge in [0.05, 0.1) is 10.6 Å². The van der Waals surface area contributed by atoms with Crippen molar-refractivity contribution in [1.29, 1.82) is 0 Å². The maximum Gasteiger partial charge on any atom is 0.225 e. The van der Waals surface area contributed by atoms with E-state index in [1.54, 1.807) is 12.4 Å². The van der Waals surface area contributed by atoms with Gasteiger partial charge in [0.1, 0.15) is 0 Å². The largest absolute Gasteiger partial charge is 0.393 e. The van der Waals surface area contributed by atoms with Crippen LogP contribution in [0.4, 0.5) is 5.95 Å². The topological polar surface area (TPSA) is 49.2 Å². The first kappa shape index (κ1) is 12.8. The Balaban J connectivity index is 1.95. The van der Waals surface area contributed by atoms with Gasteiger partial charge in [0.25, 0.3) is 0 Å². The van der Waals surface area contributed by atoms with Gasteiger partial charge in [-0.05, 0) is 28.8 Å². The zero-order valence-electron chi connectivity index (χ0n) is 10.0. The van der Waals surface area contributed by atoms with Crippen LogP contribution in [0.15, 0.2) is 16.9 Å². The Bertz CT molecular complexity index is 357. The van der Waals surface area contributed by atoms with Gasteiger partial charge >= 0.3 is 0 Å². The lowest BCUT2D eigenvalue weighted by molar-refractivity contribution is 0.0735. The molecule has 0 bridgehead atoms. The summed E-state index contributed by atoms with van der Waals surface area (Å²) in [7, 11) is 1.98. The highest BCUT2D eigenvalue weighted by molar-refractivity contribution is 9.10. The van der Waals surface area contributed by atoms with Crippen molar-refractivity contribution < 1.29 is 5.11 Å². The molecule has 0 aliphatic heterocycles. The molecule has 1 aromatic rings. The fourth-order valence-electron chi connectivity index (χ4n) is 2.34. The fraction of sp³-hybridized carbons (Fsp3) is 0.667. The third kappa shape index (κ3) is 3.39. The predicted octanol–water partition coefficient (Wildman–Crippen LogP) is 2.23. The van der Waals surface area contributed by atoms with Gasteiger partial charge in [0.15, 0.2) is 0 Å². The van der Waals surface area contributed by atoms with Crippen molar-refractivity contribution in [1.82, 2.24) is 9.97 Å². The van der Waals surface area contributed by atoms with Crippen molar-refractivity contribution in [3.05, 3.63) is 16.9 Å². The predicted molar refractivity (Wildman–Crippen MR) is 71.0 cm³/mol. The lowest BCUT2D eigenvalue weighted by Crippen LogP contribution is -2.35. The average molecular weight is 300 g/mol. The Morgan fingerprint density at radius 2 is 2.00 bits per heavy atom. The van der Waals surface area contributed by atoms with Gasteiger partial charge in [-0.25, -0.2) is 9.97 Å². The standard InChI is InChI=1S/C12H18BrN3O/c1-16(12-14-6-10(13)7-15-12)8-9-4-2-3-5-11(9)17/h6-7,9,11,17H,2-5,8H2,1H3. The summed E-state index contributed by atoms with van der Waals surface area (Å²) in [5.41, 5.74) is 0. The minimum atomic E-state index is -0.165. The first-order valence-electron chi connectivity index (χ1n) is 6.03. The molecule has 1 aliphatic rings. The smallest absolute Gasteiger partial charge is 0.225 e. The normalized spacial score (nSPS) is 24.6. The van der Waals surface area contributed by atoms with Crippen molar-refractivity contribution in [2.75, 3.05) is 18.5 Å². The monoisotopic (exact) mass is 299 g/mol. The first-order chi connectivity index (χ1) is 8.16. The van der Waals surface area contributed by atoms with Crippen LogP contribution in [0.25, 0.3) is 0 Å². The van der Waals surface area contributed by atoms with Crippen molar-refractivity contribution in [3.63, 3.8) is 0 Å². The lowest BCUT2D eigenvalue weighted by Gasteiger charge is -2.31. The van der Waals surface area contributed by atoms with Crippen LogP contribution >= 0.6 is 15.9 Å². The molecule has 1 fully saturated rings. The molecular weight excluding hydrogens is 282 g/mol. The third-order valence-electron chi connectivity index (χ3n) is 3.33. The summed E-state index contributed by atoms with van der Waals surface area (Å²) in [6.45, 7) is 0.822. The second kappa shape index (κ2) is 5.78. The molecule has 1 aromatic heterocycles. The van der Waals surface area contributed by atoms with Crippen LogP contribution in [0.5, 0.6) is 0 Å². The number of nitrogens with zero attached hydrogens (tertiary/aromatic N) is 3. The maximum absolute atomic E-state index is 9.93. The molecule has 0 spiro atoms. The summed E-state index contributed by atoms with van der Waals surface area (Å²) in [4.78, 5) is 10.5. The number of anilines is 1. The van der Waals surface area contributed by atoms with Gasteiger partial charge in [0.2, 0.25) is 5.95 Å². The summed E-state index contributed by atoms with van der Waals surface area (Å²) in [5.74, 6) is 1.06. The first-order valence-corrected chi connectivity index (χ1v) is 6.83. The van der Waals surface area contributed by atoms with Crippen LogP contribution in [-0.4, -0.2) is 34.8 Å². The Morgan fingerprint density at radius 3 is 2.65 bits per heavy atom. The van der Waals surface area contributed by atoms with Crippen molar-refractivity contribution in [2.45, 2.75) is 31.8 Å². The van der Waals surface area contributed by atoms with Crippen LogP contribution < -0.4 is 4.90 Å². The van der Waals surface area contributed by atoms with E-state index in [0.29, 0.717) is 11.9 Å². The Hall–Kier alpha value is -0.680. The molecule has 2 atom stereocenters. The molecule has 1 saturated carbocycles. The van der Waals surface area contributed by atoms with E-state index in [0.717, 1.165) is 30.3 Å². The quantitative estimate of drug-likeness (QED) is 0.930. The number of halogens is 1. The highest BCUT2D eigenvalue weighted by atomic mass is 79.9. The number of hydrogen-bond donors (Lipinski definition) is 1. The Kier molecular flexibility index (Phi) is 4.34. The third-order valence-corrected chi connectivity index (χ3v) is 3.73. The summed E-state index contributed by atoms with van der Waals surface area (Å²) in [6, 6.07) is 0. The number of aliphatic hydroxyl groups excluding tert-OH is 1. The summed E-state index contributed by atoms with van der Waals surface area (Å²) >= 11 is 3.32. The molecule has 5 heteroatoms. The highest BCUT2D eigenvalue weighted by Crippen LogP contribution is 2.25. The number of aliphatic hydroxyl groups is 1. The van der Waals surface area contributed by atoms with E-state index in [2.05, 4.69) is 25.9 Å². The van der Waals surface area contributed by atoms with E-state index >= 15 is 0 Å². The molecule has 0 aromatic carbocycles. The second-order valence-electron chi connectivity index (χ2n) is 4.69. The van der Waals surface area contributed by atoms with Crippen LogP contribution in [0.2, 0.25) is 0 Å². The summed E-state index contributed by atoms with van der Waals surface area (Å²) in [6.07, 6.45) is 7.72. The van der Waals surface area contributed by atoms with E-state index in [1.807, 2.05) is 11.9 Å². The van der Waals surface area contributed by atoms with Crippen LogP contribution in [0, 0.1) is 5.92 Å². The van der Waals surface area contributed by atoms with Gasteiger partial charge < -0.3 is 10.0 Å². The average Bonchev–Trinajstić information content (AvgIpc) is 2.33. The van der Waals surface area contributed by atoms with Crippen LogP contribution in [0.3, 0.4) is 0 Å². The fourth-order valence-corrected chi connectivity index (χ4v) is 2.54. The van der Waals surface area contributed by atoms with Gasteiger partial charge in [-0.3, -0.25) is 0 Å². The SMILES string of the molecule is CN(CC1CCCCC1O)c1ncc(Br)cn1. The van der Waals surface area contributed by atoms with E-state index in [1.165, 1.54) is 6.42 Å². The molecule has 2 unspecified atom stereocenters. The molecular formula is C12H18BrN3O. The van der Waals surface area contributed by atoms with E-state index in [-0.39, 0.29) is 6.10 Å². The van der Waals surface area contributed by atoms with Gasteiger partial charge in [-0.15, -0.1) is 0 Å². The minimum absolute atomic E-state index is 0.165. The molecule has 2 rings (SSSR count). The highest BCUT2D eigenvalue weighted by Gasteiger charge is 2.24. The molecule has 1 aliphatic carbocycles.